The first kappa shape index (κ1) is 14.7. The first-order chi connectivity index (χ1) is 10.5. The van der Waals surface area contributed by atoms with E-state index in [1.807, 2.05) is 13.8 Å². The lowest BCUT2D eigenvalue weighted by Gasteiger charge is -2.05. The van der Waals surface area contributed by atoms with E-state index >= 15 is 0 Å². The van der Waals surface area contributed by atoms with E-state index in [-0.39, 0.29) is 17.8 Å². The van der Waals surface area contributed by atoms with Gasteiger partial charge in [-0.05, 0) is 32.0 Å². The van der Waals surface area contributed by atoms with Gasteiger partial charge in [0.15, 0.2) is 0 Å². The molecule has 0 aliphatic heterocycles. The molecule has 1 amide bonds. The van der Waals surface area contributed by atoms with E-state index in [2.05, 4.69) is 10.4 Å². The third kappa shape index (κ3) is 2.50. The van der Waals surface area contributed by atoms with E-state index in [0.29, 0.717) is 16.1 Å². The van der Waals surface area contributed by atoms with Gasteiger partial charge in [-0.2, -0.15) is 5.10 Å². The highest BCUT2D eigenvalue weighted by atomic mass is 32.1. The Kier molecular flexibility index (Phi) is 3.70. The Morgan fingerprint density at radius 3 is 2.77 bits per heavy atom. The second kappa shape index (κ2) is 5.53. The van der Waals surface area contributed by atoms with E-state index < -0.39 is 0 Å². The van der Waals surface area contributed by atoms with Crippen LogP contribution in [0, 0.1) is 5.82 Å². The Labute approximate surface area is 131 Å². The van der Waals surface area contributed by atoms with Crippen LogP contribution in [-0.2, 0) is 7.05 Å². The number of thiophene rings is 1. The maximum absolute atomic E-state index is 14.0. The maximum Gasteiger partial charge on any atom is 0.261 e. The number of fused-ring (bicyclic) bond motifs is 1. The fraction of sp³-hybridized carbons (Fsp3) is 0.250. The zero-order valence-electron chi connectivity index (χ0n) is 12.6. The Balaban J connectivity index is 2.12. The smallest absolute Gasteiger partial charge is 0.261 e. The lowest BCUT2D eigenvalue weighted by atomic mass is 10.1. The van der Waals surface area contributed by atoms with Crippen LogP contribution in [-0.4, -0.2) is 21.7 Å². The Bertz CT molecular complexity index is 850. The topological polar surface area (TPSA) is 46.9 Å². The Hall–Kier alpha value is -2.21. The SMILES string of the molecule is CC(C)NC(=O)c1cc2c(-c3ccccc3F)nn(C)c2s1. The molecule has 114 valence electrons. The number of aryl methyl sites for hydroxylation is 1. The van der Waals surface area contributed by atoms with E-state index in [1.54, 1.807) is 36.0 Å². The van der Waals surface area contributed by atoms with Crippen molar-refractivity contribution in [2.24, 2.45) is 7.05 Å². The van der Waals surface area contributed by atoms with Crippen LogP contribution in [0.3, 0.4) is 0 Å². The minimum absolute atomic E-state index is 0.0712. The molecule has 0 spiro atoms. The number of hydrogen-bond acceptors (Lipinski definition) is 3. The van der Waals surface area contributed by atoms with Crippen LogP contribution in [0.15, 0.2) is 30.3 Å². The molecule has 0 bridgehead atoms. The summed E-state index contributed by atoms with van der Waals surface area (Å²) in [6.45, 7) is 3.83. The number of amides is 1. The average molecular weight is 317 g/mol. The van der Waals surface area contributed by atoms with Gasteiger partial charge in [-0.3, -0.25) is 9.48 Å². The van der Waals surface area contributed by atoms with Crippen molar-refractivity contribution in [1.82, 2.24) is 15.1 Å². The quantitative estimate of drug-likeness (QED) is 0.802. The van der Waals surface area contributed by atoms with Crippen LogP contribution >= 0.6 is 11.3 Å². The maximum atomic E-state index is 14.0. The Morgan fingerprint density at radius 1 is 1.36 bits per heavy atom. The van der Waals surface area contributed by atoms with Crippen molar-refractivity contribution in [2.45, 2.75) is 19.9 Å². The van der Waals surface area contributed by atoms with Crippen LogP contribution in [0.4, 0.5) is 4.39 Å². The largest absolute Gasteiger partial charge is 0.349 e. The monoisotopic (exact) mass is 317 g/mol. The summed E-state index contributed by atoms with van der Waals surface area (Å²) in [6, 6.07) is 8.39. The van der Waals surface area contributed by atoms with Gasteiger partial charge in [0.1, 0.15) is 16.3 Å². The number of nitrogens with one attached hydrogen (secondary N) is 1. The summed E-state index contributed by atoms with van der Waals surface area (Å²) in [7, 11) is 1.80. The Morgan fingerprint density at radius 2 is 2.09 bits per heavy atom. The van der Waals surface area contributed by atoms with Gasteiger partial charge in [0.25, 0.3) is 5.91 Å². The highest BCUT2D eigenvalue weighted by Gasteiger charge is 2.19. The number of halogens is 1. The lowest BCUT2D eigenvalue weighted by Crippen LogP contribution is -2.29. The molecule has 0 fully saturated rings. The van der Waals surface area contributed by atoms with Gasteiger partial charge in [-0.25, -0.2) is 4.39 Å². The molecule has 1 aromatic carbocycles. The number of hydrogen-bond donors (Lipinski definition) is 1. The van der Waals surface area contributed by atoms with Crippen LogP contribution in [0.2, 0.25) is 0 Å². The van der Waals surface area contributed by atoms with Crippen molar-refractivity contribution in [1.29, 1.82) is 0 Å². The molecule has 1 N–H and O–H groups in total. The van der Waals surface area contributed by atoms with Crippen LogP contribution < -0.4 is 5.32 Å². The van der Waals surface area contributed by atoms with Crippen LogP contribution in [0.5, 0.6) is 0 Å². The second-order valence-corrected chi connectivity index (χ2v) is 6.44. The summed E-state index contributed by atoms with van der Waals surface area (Å²) in [5.41, 5.74) is 1.01. The first-order valence-electron chi connectivity index (χ1n) is 6.99. The van der Waals surface area contributed by atoms with Gasteiger partial charge in [0.05, 0.1) is 4.88 Å². The van der Waals surface area contributed by atoms with E-state index in [0.717, 1.165) is 10.2 Å². The van der Waals surface area contributed by atoms with Crippen molar-refractivity contribution >= 4 is 27.5 Å². The van der Waals surface area contributed by atoms with Crippen molar-refractivity contribution in [2.75, 3.05) is 0 Å². The number of nitrogens with zero attached hydrogens (tertiary/aromatic N) is 2. The zero-order chi connectivity index (χ0) is 15.9. The van der Waals surface area contributed by atoms with Crippen molar-refractivity contribution in [3.8, 4) is 11.3 Å². The number of aromatic nitrogens is 2. The molecule has 0 aliphatic carbocycles. The minimum atomic E-state index is -0.318. The molecular weight excluding hydrogens is 301 g/mol. The molecule has 4 nitrogen and oxygen atoms in total. The molecule has 0 atom stereocenters. The van der Waals surface area contributed by atoms with Crippen molar-refractivity contribution in [3.63, 3.8) is 0 Å². The number of benzene rings is 1. The molecule has 0 saturated heterocycles. The lowest BCUT2D eigenvalue weighted by molar-refractivity contribution is 0.0947. The van der Waals surface area contributed by atoms with Crippen molar-refractivity contribution < 1.29 is 9.18 Å². The van der Waals surface area contributed by atoms with Gasteiger partial charge in [0, 0.05) is 24.0 Å². The van der Waals surface area contributed by atoms with Gasteiger partial charge in [-0.15, -0.1) is 11.3 Å². The summed E-state index contributed by atoms with van der Waals surface area (Å²) < 4.78 is 15.7. The van der Waals surface area contributed by atoms with Crippen molar-refractivity contribution in [3.05, 3.63) is 41.0 Å². The van der Waals surface area contributed by atoms with Crippen LogP contribution in [0.25, 0.3) is 21.5 Å². The molecule has 3 aromatic rings. The van der Waals surface area contributed by atoms with Gasteiger partial charge in [0.2, 0.25) is 0 Å². The van der Waals surface area contributed by atoms with Gasteiger partial charge < -0.3 is 5.32 Å². The summed E-state index contributed by atoms with van der Waals surface area (Å²) >= 11 is 1.36. The first-order valence-corrected chi connectivity index (χ1v) is 7.81. The highest BCUT2D eigenvalue weighted by molar-refractivity contribution is 7.20. The van der Waals surface area contributed by atoms with Gasteiger partial charge >= 0.3 is 0 Å². The molecule has 2 aromatic heterocycles. The highest BCUT2D eigenvalue weighted by Crippen LogP contribution is 2.34. The number of rotatable bonds is 3. The summed E-state index contributed by atoms with van der Waals surface area (Å²) in [6.07, 6.45) is 0. The number of carbonyl (C=O) groups excluding carboxylic acids is 1. The summed E-state index contributed by atoms with van der Waals surface area (Å²) in [4.78, 5) is 13.6. The molecule has 0 radical (unpaired) electrons. The third-order valence-corrected chi connectivity index (χ3v) is 4.48. The molecule has 0 aliphatic rings. The molecule has 0 saturated carbocycles. The molecule has 6 heteroatoms. The van der Waals surface area contributed by atoms with Gasteiger partial charge in [-0.1, -0.05) is 12.1 Å². The standard InChI is InChI=1S/C16H16FN3OS/c1-9(2)18-15(21)13-8-11-14(19-20(3)16(11)22-13)10-6-4-5-7-12(10)17/h4-9H,1-3H3,(H,18,21). The normalized spacial score (nSPS) is 11.3. The second-order valence-electron chi connectivity index (χ2n) is 5.41. The summed E-state index contributed by atoms with van der Waals surface area (Å²) in [5, 5.41) is 8.06. The van der Waals surface area contributed by atoms with E-state index in [1.165, 1.54) is 17.4 Å². The minimum Gasteiger partial charge on any atom is -0.349 e. The van der Waals surface area contributed by atoms with E-state index in [4.69, 9.17) is 0 Å². The predicted octanol–water partition coefficient (Wildman–Crippen LogP) is 3.58. The van der Waals surface area contributed by atoms with E-state index in [9.17, 15) is 9.18 Å². The third-order valence-electron chi connectivity index (χ3n) is 3.28. The zero-order valence-corrected chi connectivity index (χ0v) is 13.4. The van der Waals surface area contributed by atoms with Crippen LogP contribution in [0.1, 0.15) is 23.5 Å². The fourth-order valence-corrected chi connectivity index (χ4v) is 3.31. The predicted molar refractivity (Wildman–Crippen MR) is 86.6 cm³/mol. The average Bonchev–Trinajstić information content (AvgIpc) is 3.00. The fourth-order valence-electron chi connectivity index (χ4n) is 2.34. The molecule has 3 rings (SSSR count). The molecule has 22 heavy (non-hydrogen) atoms. The molecular formula is C16H16FN3OS. The molecule has 0 unspecified atom stereocenters. The molecule has 2 heterocycles. The number of carbonyl (C=O) groups is 1. The summed E-state index contributed by atoms with van der Waals surface area (Å²) in [5.74, 6) is -0.433.